The lowest BCUT2D eigenvalue weighted by molar-refractivity contribution is 0.0929. The number of carbonyl (C=O) groups is 1. The van der Waals surface area contributed by atoms with Crippen LogP contribution in [0.25, 0.3) is 0 Å². The molecule has 0 bridgehead atoms. The Hall–Kier alpha value is -1.49. The molecule has 0 fully saturated rings. The minimum atomic E-state index is -0.868. The van der Waals surface area contributed by atoms with Gasteiger partial charge in [0, 0.05) is 18.7 Å². The lowest BCUT2D eigenvalue weighted by Crippen LogP contribution is -2.41. The van der Waals surface area contributed by atoms with Gasteiger partial charge in [-0.3, -0.25) is 4.79 Å². The summed E-state index contributed by atoms with van der Waals surface area (Å²) < 4.78 is 26.1. The zero-order valence-corrected chi connectivity index (χ0v) is 10.5. The molecule has 1 amide bonds. The van der Waals surface area contributed by atoms with E-state index >= 15 is 0 Å². The molecule has 0 spiro atoms. The molecule has 5 heteroatoms. The molecule has 0 aliphatic heterocycles. The van der Waals surface area contributed by atoms with Crippen LogP contribution in [-0.2, 0) is 0 Å². The second-order valence-corrected chi connectivity index (χ2v) is 4.66. The lowest BCUT2D eigenvalue weighted by atomic mass is 10.0. The monoisotopic (exact) mass is 256 g/mol. The maximum absolute atomic E-state index is 13.4. The van der Waals surface area contributed by atoms with Gasteiger partial charge in [-0.05, 0) is 24.5 Å². The topological polar surface area (TPSA) is 55.1 Å². The van der Waals surface area contributed by atoms with Gasteiger partial charge in [0.2, 0.25) is 0 Å². The zero-order valence-electron chi connectivity index (χ0n) is 10.5. The third kappa shape index (κ3) is 4.07. The molecule has 1 atom stereocenters. The number of amides is 1. The van der Waals surface area contributed by atoms with Crippen LogP contribution in [-0.4, -0.2) is 18.5 Å². The van der Waals surface area contributed by atoms with Gasteiger partial charge in [-0.1, -0.05) is 13.8 Å². The van der Waals surface area contributed by atoms with Gasteiger partial charge < -0.3 is 11.1 Å². The molecule has 3 nitrogen and oxygen atoms in total. The molecule has 0 saturated carbocycles. The molecular weight excluding hydrogens is 238 g/mol. The summed E-state index contributed by atoms with van der Waals surface area (Å²) >= 11 is 0. The Morgan fingerprint density at radius 1 is 1.39 bits per heavy atom. The van der Waals surface area contributed by atoms with Gasteiger partial charge in [0.25, 0.3) is 5.91 Å². The first-order chi connectivity index (χ1) is 8.43. The first kappa shape index (κ1) is 14.6. The van der Waals surface area contributed by atoms with E-state index in [0.717, 1.165) is 12.1 Å². The fourth-order valence-corrected chi connectivity index (χ4v) is 1.72. The van der Waals surface area contributed by atoms with E-state index in [1.807, 2.05) is 13.8 Å². The minimum absolute atomic E-state index is 0.168. The van der Waals surface area contributed by atoms with E-state index in [4.69, 9.17) is 5.73 Å². The summed E-state index contributed by atoms with van der Waals surface area (Å²) in [6, 6.07) is 2.66. The summed E-state index contributed by atoms with van der Waals surface area (Å²) in [6.07, 6.45) is 0.713. The standard InChI is InChI=1S/C13H18F2N2O/c1-8(2)5-10(7-16)17-13(18)11-4-3-9(14)6-12(11)15/h3-4,6,8,10H,5,7,16H2,1-2H3,(H,17,18). The quantitative estimate of drug-likeness (QED) is 0.847. The highest BCUT2D eigenvalue weighted by Gasteiger charge is 2.17. The molecular formula is C13H18F2N2O. The highest BCUT2D eigenvalue weighted by atomic mass is 19.1. The number of hydrogen-bond acceptors (Lipinski definition) is 2. The van der Waals surface area contributed by atoms with Crippen molar-refractivity contribution in [3.05, 3.63) is 35.4 Å². The zero-order chi connectivity index (χ0) is 13.7. The average Bonchev–Trinajstić information content (AvgIpc) is 2.27. The Morgan fingerprint density at radius 2 is 2.06 bits per heavy atom. The first-order valence-electron chi connectivity index (χ1n) is 5.90. The third-order valence-electron chi connectivity index (χ3n) is 2.55. The van der Waals surface area contributed by atoms with E-state index in [1.165, 1.54) is 0 Å². The van der Waals surface area contributed by atoms with Crippen LogP contribution >= 0.6 is 0 Å². The number of benzene rings is 1. The molecule has 0 radical (unpaired) electrons. The molecule has 3 N–H and O–H groups in total. The van der Waals surface area contributed by atoms with Crippen LogP contribution in [0.3, 0.4) is 0 Å². The Morgan fingerprint density at radius 3 is 2.56 bits per heavy atom. The Bertz CT molecular complexity index is 421. The van der Waals surface area contributed by atoms with Gasteiger partial charge in [0.05, 0.1) is 5.56 Å². The summed E-state index contributed by atoms with van der Waals surface area (Å²) in [5, 5.41) is 2.65. The Kier molecular flexibility index (Phi) is 5.22. The van der Waals surface area contributed by atoms with Crippen molar-refractivity contribution in [2.24, 2.45) is 11.7 Å². The molecule has 0 aliphatic carbocycles. The SMILES string of the molecule is CC(C)CC(CN)NC(=O)c1ccc(F)cc1F. The number of carbonyl (C=O) groups excluding carboxylic acids is 1. The predicted octanol–water partition coefficient (Wildman–Crippen LogP) is 2.07. The van der Waals surface area contributed by atoms with Crippen molar-refractivity contribution in [2.75, 3.05) is 6.54 Å². The van der Waals surface area contributed by atoms with Crippen molar-refractivity contribution in [2.45, 2.75) is 26.3 Å². The predicted molar refractivity (Wildman–Crippen MR) is 66.1 cm³/mol. The molecule has 1 rings (SSSR count). The fraction of sp³-hybridized carbons (Fsp3) is 0.462. The van der Waals surface area contributed by atoms with Crippen molar-refractivity contribution in [3.8, 4) is 0 Å². The van der Waals surface area contributed by atoms with Gasteiger partial charge in [-0.2, -0.15) is 0 Å². The maximum Gasteiger partial charge on any atom is 0.254 e. The second kappa shape index (κ2) is 6.44. The Labute approximate surface area is 105 Å². The summed E-state index contributed by atoms with van der Waals surface area (Å²) in [6.45, 7) is 4.30. The van der Waals surface area contributed by atoms with Gasteiger partial charge in [0.1, 0.15) is 11.6 Å². The van der Waals surface area contributed by atoms with Crippen molar-refractivity contribution in [1.29, 1.82) is 0 Å². The van der Waals surface area contributed by atoms with Gasteiger partial charge >= 0.3 is 0 Å². The minimum Gasteiger partial charge on any atom is -0.348 e. The van der Waals surface area contributed by atoms with Crippen LogP contribution in [0.2, 0.25) is 0 Å². The highest BCUT2D eigenvalue weighted by molar-refractivity contribution is 5.94. The molecule has 1 unspecified atom stereocenters. The summed E-state index contributed by atoms with van der Waals surface area (Å²) in [4.78, 5) is 11.8. The lowest BCUT2D eigenvalue weighted by Gasteiger charge is -2.18. The summed E-state index contributed by atoms with van der Waals surface area (Å²) in [7, 11) is 0. The largest absolute Gasteiger partial charge is 0.348 e. The van der Waals surface area contributed by atoms with E-state index < -0.39 is 17.5 Å². The number of nitrogens with two attached hydrogens (primary N) is 1. The molecule has 0 aliphatic rings. The molecule has 100 valence electrons. The van der Waals surface area contributed by atoms with Gasteiger partial charge in [-0.15, -0.1) is 0 Å². The fourth-order valence-electron chi connectivity index (χ4n) is 1.72. The van der Waals surface area contributed by atoms with Crippen LogP contribution in [0.4, 0.5) is 8.78 Å². The molecule has 0 saturated heterocycles. The molecule has 0 aromatic heterocycles. The van der Waals surface area contributed by atoms with Crippen LogP contribution in [0.5, 0.6) is 0 Å². The molecule has 18 heavy (non-hydrogen) atoms. The highest BCUT2D eigenvalue weighted by Crippen LogP contribution is 2.11. The van der Waals surface area contributed by atoms with Gasteiger partial charge in [0.15, 0.2) is 0 Å². The smallest absolute Gasteiger partial charge is 0.254 e. The van der Waals surface area contributed by atoms with Crippen LogP contribution in [0.1, 0.15) is 30.6 Å². The van der Waals surface area contributed by atoms with Crippen molar-refractivity contribution >= 4 is 5.91 Å². The van der Waals surface area contributed by atoms with Crippen LogP contribution < -0.4 is 11.1 Å². The second-order valence-electron chi connectivity index (χ2n) is 4.66. The number of nitrogens with one attached hydrogen (secondary N) is 1. The maximum atomic E-state index is 13.4. The summed E-state index contributed by atoms with van der Waals surface area (Å²) in [5.74, 6) is -1.77. The third-order valence-corrected chi connectivity index (χ3v) is 2.55. The van der Waals surface area contributed by atoms with Crippen LogP contribution in [0.15, 0.2) is 18.2 Å². The van der Waals surface area contributed by atoms with E-state index in [9.17, 15) is 13.6 Å². The van der Waals surface area contributed by atoms with E-state index in [2.05, 4.69) is 5.32 Å². The number of rotatable bonds is 5. The Balaban J connectivity index is 2.74. The van der Waals surface area contributed by atoms with Gasteiger partial charge in [-0.25, -0.2) is 8.78 Å². The average molecular weight is 256 g/mol. The number of hydrogen-bond donors (Lipinski definition) is 2. The normalized spacial score (nSPS) is 12.6. The first-order valence-corrected chi connectivity index (χ1v) is 5.90. The van der Waals surface area contributed by atoms with Crippen molar-refractivity contribution in [3.63, 3.8) is 0 Å². The van der Waals surface area contributed by atoms with Crippen LogP contribution in [0, 0.1) is 17.6 Å². The van der Waals surface area contributed by atoms with Crippen molar-refractivity contribution in [1.82, 2.24) is 5.32 Å². The number of halogens is 2. The van der Waals surface area contributed by atoms with Crippen molar-refractivity contribution < 1.29 is 13.6 Å². The molecule has 1 aromatic rings. The molecule has 0 heterocycles. The summed E-state index contributed by atoms with van der Waals surface area (Å²) in [5.41, 5.74) is 5.37. The molecule has 1 aromatic carbocycles. The van der Waals surface area contributed by atoms with E-state index in [1.54, 1.807) is 0 Å². The van der Waals surface area contributed by atoms with E-state index in [0.29, 0.717) is 18.4 Å². The van der Waals surface area contributed by atoms with E-state index in [-0.39, 0.29) is 18.2 Å².